The summed E-state index contributed by atoms with van der Waals surface area (Å²) in [6, 6.07) is 2.02. The molecule has 1 aromatic rings. The van der Waals surface area contributed by atoms with Crippen molar-refractivity contribution in [2.24, 2.45) is 5.73 Å². The third kappa shape index (κ3) is 2.58. The first-order valence-corrected chi connectivity index (χ1v) is 6.27. The summed E-state index contributed by atoms with van der Waals surface area (Å²) in [6.07, 6.45) is 3.22. The SMILES string of the molecule is CCC1CN(c2nccc(C)c2CN)CCO1. The van der Waals surface area contributed by atoms with Gasteiger partial charge in [-0.2, -0.15) is 0 Å². The van der Waals surface area contributed by atoms with Gasteiger partial charge in [0.15, 0.2) is 0 Å². The Morgan fingerprint density at radius 2 is 2.41 bits per heavy atom. The van der Waals surface area contributed by atoms with Crippen molar-refractivity contribution in [2.45, 2.75) is 32.9 Å². The van der Waals surface area contributed by atoms with Gasteiger partial charge in [-0.3, -0.25) is 0 Å². The van der Waals surface area contributed by atoms with Crippen molar-refractivity contribution in [1.29, 1.82) is 0 Å². The first-order valence-electron chi connectivity index (χ1n) is 6.27. The minimum Gasteiger partial charge on any atom is -0.375 e. The molecule has 1 aromatic heterocycles. The fourth-order valence-electron chi connectivity index (χ4n) is 2.26. The lowest BCUT2D eigenvalue weighted by Crippen LogP contribution is -2.43. The van der Waals surface area contributed by atoms with Crippen LogP contribution in [0.25, 0.3) is 0 Å². The first-order chi connectivity index (χ1) is 8.26. The van der Waals surface area contributed by atoms with Gasteiger partial charge in [0.2, 0.25) is 0 Å². The molecule has 2 N–H and O–H groups in total. The number of hydrogen-bond donors (Lipinski definition) is 1. The number of hydrogen-bond acceptors (Lipinski definition) is 4. The minimum atomic E-state index is 0.316. The second-order valence-electron chi connectivity index (χ2n) is 4.48. The van der Waals surface area contributed by atoms with Crippen LogP contribution in [0.1, 0.15) is 24.5 Å². The third-order valence-electron chi connectivity index (χ3n) is 3.37. The summed E-state index contributed by atoms with van der Waals surface area (Å²) in [5.74, 6) is 1.04. The van der Waals surface area contributed by atoms with E-state index in [1.807, 2.05) is 12.3 Å². The Morgan fingerprint density at radius 1 is 1.59 bits per heavy atom. The molecule has 2 rings (SSSR count). The van der Waals surface area contributed by atoms with Crippen LogP contribution >= 0.6 is 0 Å². The van der Waals surface area contributed by atoms with Crippen LogP contribution < -0.4 is 10.6 Å². The number of pyridine rings is 1. The maximum Gasteiger partial charge on any atom is 0.133 e. The van der Waals surface area contributed by atoms with Crippen molar-refractivity contribution in [3.8, 4) is 0 Å². The predicted octanol–water partition coefficient (Wildman–Crippen LogP) is 1.46. The molecule has 0 radical (unpaired) electrons. The van der Waals surface area contributed by atoms with E-state index in [4.69, 9.17) is 10.5 Å². The van der Waals surface area contributed by atoms with Crippen LogP contribution in [-0.2, 0) is 11.3 Å². The highest BCUT2D eigenvalue weighted by Crippen LogP contribution is 2.23. The highest BCUT2D eigenvalue weighted by Gasteiger charge is 2.22. The monoisotopic (exact) mass is 235 g/mol. The van der Waals surface area contributed by atoms with Gasteiger partial charge in [-0.25, -0.2) is 4.98 Å². The van der Waals surface area contributed by atoms with Gasteiger partial charge in [0.25, 0.3) is 0 Å². The summed E-state index contributed by atoms with van der Waals surface area (Å²) < 4.78 is 5.68. The smallest absolute Gasteiger partial charge is 0.133 e. The Balaban J connectivity index is 2.24. The molecular weight excluding hydrogens is 214 g/mol. The second kappa shape index (κ2) is 5.47. The minimum absolute atomic E-state index is 0.316. The van der Waals surface area contributed by atoms with E-state index in [0.29, 0.717) is 12.6 Å². The average Bonchev–Trinajstić information content (AvgIpc) is 2.38. The maximum absolute atomic E-state index is 5.83. The molecule has 1 fully saturated rings. The Labute approximate surface area is 103 Å². The van der Waals surface area contributed by atoms with Crippen LogP contribution in [0.5, 0.6) is 0 Å². The quantitative estimate of drug-likeness (QED) is 0.862. The normalized spacial score (nSPS) is 20.6. The zero-order chi connectivity index (χ0) is 12.3. The van der Waals surface area contributed by atoms with Crippen LogP contribution in [0.3, 0.4) is 0 Å². The molecule has 1 unspecified atom stereocenters. The summed E-state index contributed by atoms with van der Waals surface area (Å²) in [7, 11) is 0. The molecular formula is C13H21N3O. The van der Waals surface area contributed by atoms with E-state index in [2.05, 4.69) is 23.7 Å². The second-order valence-corrected chi connectivity index (χ2v) is 4.48. The summed E-state index contributed by atoms with van der Waals surface area (Å²) in [5.41, 5.74) is 8.20. The van der Waals surface area contributed by atoms with E-state index in [9.17, 15) is 0 Å². The molecule has 4 heteroatoms. The molecule has 0 bridgehead atoms. The largest absolute Gasteiger partial charge is 0.375 e. The highest BCUT2D eigenvalue weighted by molar-refractivity contribution is 5.50. The van der Waals surface area contributed by atoms with E-state index in [1.54, 1.807) is 0 Å². The van der Waals surface area contributed by atoms with E-state index in [1.165, 1.54) is 5.56 Å². The number of anilines is 1. The standard InChI is InChI=1S/C13H21N3O/c1-3-11-9-16(6-7-17-11)13-12(8-14)10(2)4-5-15-13/h4-5,11H,3,6-9,14H2,1-2H3. The molecule has 0 aliphatic carbocycles. The lowest BCUT2D eigenvalue weighted by molar-refractivity contribution is 0.0381. The summed E-state index contributed by atoms with van der Waals surface area (Å²) >= 11 is 0. The molecule has 4 nitrogen and oxygen atoms in total. The Bertz CT molecular complexity index is 381. The van der Waals surface area contributed by atoms with Crippen LogP contribution in [0.4, 0.5) is 5.82 Å². The van der Waals surface area contributed by atoms with Crippen LogP contribution in [0.15, 0.2) is 12.3 Å². The van der Waals surface area contributed by atoms with Gasteiger partial charge in [0.1, 0.15) is 5.82 Å². The summed E-state index contributed by atoms with van der Waals surface area (Å²) in [5, 5.41) is 0. The highest BCUT2D eigenvalue weighted by atomic mass is 16.5. The number of ether oxygens (including phenoxy) is 1. The molecule has 0 amide bonds. The lowest BCUT2D eigenvalue weighted by Gasteiger charge is -2.34. The van der Waals surface area contributed by atoms with Gasteiger partial charge in [0.05, 0.1) is 12.7 Å². The van der Waals surface area contributed by atoms with Gasteiger partial charge in [0, 0.05) is 31.4 Å². The lowest BCUT2D eigenvalue weighted by atomic mass is 10.1. The van der Waals surface area contributed by atoms with Crippen molar-refractivity contribution < 1.29 is 4.74 Å². The molecule has 1 aliphatic heterocycles. The van der Waals surface area contributed by atoms with Crippen molar-refractivity contribution >= 4 is 5.82 Å². The molecule has 17 heavy (non-hydrogen) atoms. The Hall–Kier alpha value is -1.13. The van der Waals surface area contributed by atoms with Crippen molar-refractivity contribution in [2.75, 3.05) is 24.6 Å². The van der Waals surface area contributed by atoms with Crippen molar-refractivity contribution in [3.05, 3.63) is 23.4 Å². The first kappa shape index (κ1) is 12.3. The fourth-order valence-corrected chi connectivity index (χ4v) is 2.26. The molecule has 2 heterocycles. The van der Waals surface area contributed by atoms with Gasteiger partial charge in [-0.05, 0) is 25.0 Å². The molecule has 1 atom stereocenters. The zero-order valence-corrected chi connectivity index (χ0v) is 10.6. The number of rotatable bonds is 3. The Kier molecular flexibility index (Phi) is 3.97. The molecule has 0 aromatic carbocycles. The van der Waals surface area contributed by atoms with Gasteiger partial charge in [-0.15, -0.1) is 0 Å². The molecule has 94 valence electrons. The molecule has 1 saturated heterocycles. The topological polar surface area (TPSA) is 51.4 Å². The van der Waals surface area contributed by atoms with Gasteiger partial charge < -0.3 is 15.4 Å². The number of morpholine rings is 1. The number of aromatic nitrogens is 1. The number of nitrogens with two attached hydrogens (primary N) is 1. The van der Waals surface area contributed by atoms with Crippen molar-refractivity contribution in [3.63, 3.8) is 0 Å². The number of aryl methyl sites for hydroxylation is 1. The average molecular weight is 235 g/mol. The fraction of sp³-hybridized carbons (Fsp3) is 0.615. The van der Waals surface area contributed by atoms with Crippen LogP contribution in [0, 0.1) is 6.92 Å². The van der Waals surface area contributed by atoms with E-state index in [0.717, 1.165) is 37.5 Å². The van der Waals surface area contributed by atoms with Crippen LogP contribution in [0.2, 0.25) is 0 Å². The summed E-state index contributed by atoms with van der Waals surface area (Å²) in [6.45, 7) is 7.38. The molecule has 0 spiro atoms. The van der Waals surface area contributed by atoms with Gasteiger partial charge in [-0.1, -0.05) is 6.92 Å². The van der Waals surface area contributed by atoms with E-state index >= 15 is 0 Å². The van der Waals surface area contributed by atoms with Gasteiger partial charge >= 0.3 is 0 Å². The van der Waals surface area contributed by atoms with Crippen molar-refractivity contribution in [1.82, 2.24) is 4.98 Å². The number of nitrogens with zero attached hydrogens (tertiary/aromatic N) is 2. The third-order valence-corrected chi connectivity index (χ3v) is 3.37. The van der Waals surface area contributed by atoms with Crippen LogP contribution in [-0.4, -0.2) is 30.8 Å². The molecule has 0 saturated carbocycles. The Morgan fingerprint density at radius 3 is 3.12 bits per heavy atom. The van der Waals surface area contributed by atoms with E-state index < -0.39 is 0 Å². The predicted molar refractivity (Wildman–Crippen MR) is 69.1 cm³/mol. The summed E-state index contributed by atoms with van der Waals surface area (Å²) in [4.78, 5) is 6.79. The van der Waals surface area contributed by atoms with E-state index in [-0.39, 0.29) is 0 Å². The maximum atomic E-state index is 5.83. The zero-order valence-electron chi connectivity index (χ0n) is 10.6. The molecule has 1 aliphatic rings.